The lowest BCUT2D eigenvalue weighted by Crippen LogP contribution is -1.99. The molecule has 0 bridgehead atoms. The molecule has 0 fully saturated rings. The number of benzene rings is 1. The molecule has 88 valence electrons. The van der Waals surface area contributed by atoms with E-state index in [4.69, 9.17) is 5.73 Å². The molecule has 2 heterocycles. The summed E-state index contributed by atoms with van der Waals surface area (Å²) in [6.45, 7) is 2.05. The van der Waals surface area contributed by atoms with Crippen molar-refractivity contribution in [2.24, 2.45) is 0 Å². The van der Waals surface area contributed by atoms with Crippen LogP contribution < -0.4 is 5.73 Å². The molecule has 3 rings (SSSR count). The molecule has 0 radical (unpaired) electrons. The maximum Gasteiger partial charge on any atom is 0.221 e. The molecule has 3 aromatic rings. The van der Waals surface area contributed by atoms with Crippen LogP contribution in [0.2, 0.25) is 0 Å². The molecular weight excluding hydrogens is 224 g/mol. The molecule has 0 saturated heterocycles. The largest absolute Gasteiger partial charge is 0.368 e. The lowest BCUT2D eigenvalue weighted by molar-refractivity contribution is 1.23. The Morgan fingerprint density at radius 2 is 1.78 bits per heavy atom. The van der Waals surface area contributed by atoms with Gasteiger partial charge in [0.05, 0.1) is 11.2 Å². The SMILES string of the molecule is Cc1cccc2nc(N)nc(-c3ccncc3)c12. The predicted molar refractivity (Wildman–Crippen MR) is 71.9 cm³/mol. The first-order valence-corrected chi connectivity index (χ1v) is 5.69. The summed E-state index contributed by atoms with van der Waals surface area (Å²) >= 11 is 0. The summed E-state index contributed by atoms with van der Waals surface area (Å²) in [6, 6.07) is 9.82. The molecule has 0 aliphatic carbocycles. The van der Waals surface area contributed by atoms with Gasteiger partial charge < -0.3 is 5.73 Å². The van der Waals surface area contributed by atoms with Crippen LogP contribution in [0, 0.1) is 6.92 Å². The van der Waals surface area contributed by atoms with Crippen molar-refractivity contribution >= 4 is 16.9 Å². The minimum atomic E-state index is 0.292. The van der Waals surface area contributed by atoms with Crippen LogP contribution >= 0.6 is 0 Å². The van der Waals surface area contributed by atoms with Gasteiger partial charge in [-0.05, 0) is 30.7 Å². The summed E-state index contributed by atoms with van der Waals surface area (Å²) in [5.41, 5.74) is 9.64. The van der Waals surface area contributed by atoms with Crippen LogP contribution in [0.3, 0.4) is 0 Å². The van der Waals surface area contributed by atoms with Crippen molar-refractivity contribution in [3.05, 3.63) is 48.3 Å². The van der Waals surface area contributed by atoms with E-state index in [1.165, 1.54) is 0 Å². The van der Waals surface area contributed by atoms with E-state index in [9.17, 15) is 0 Å². The fourth-order valence-corrected chi connectivity index (χ4v) is 2.09. The molecule has 1 aromatic carbocycles. The van der Waals surface area contributed by atoms with Crippen LogP contribution in [-0.2, 0) is 0 Å². The van der Waals surface area contributed by atoms with Gasteiger partial charge in [0.15, 0.2) is 0 Å². The average molecular weight is 236 g/mol. The van der Waals surface area contributed by atoms with Crippen LogP contribution in [-0.4, -0.2) is 15.0 Å². The molecule has 18 heavy (non-hydrogen) atoms. The number of pyridine rings is 1. The zero-order valence-corrected chi connectivity index (χ0v) is 9.96. The fourth-order valence-electron chi connectivity index (χ4n) is 2.09. The van der Waals surface area contributed by atoms with Crippen LogP contribution in [0.5, 0.6) is 0 Å². The van der Waals surface area contributed by atoms with E-state index >= 15 is 0 Å². The van der Waals surface area contributed by atoms with Crippen LogP contribution in [0.25, 0.3) is 22.2 Å². The number of fused-ring (bicyclic) bond motifs is 1. The lowest BCUT2D eigenvalue weighted by atomic mass is 10.0. The molecule has 0 unspecified atom stereocenters. The maximum absolute atomic E-state index is 5.77. The van der Waals surface area contributed by atoms with Gasteiger partial charge in [-0.25, -0.2) is 9.97 Å². The van der Waals surface area contributed by atoms with E-state index < -0.39 is 0 Å². The Bertz CT molecular complexity index is 708. The lowest BCUT2D eigenvalue weighted by Gasteiger charge is -2.08. The Morgan fingerprint density at radius 1 is 1.00 bits per heavy atom. The highest BCUT2D eigenvalue weighted by molar-refractivity contribution is 5.95. The highest BCUT2D eigenvalue weighted by Gasteiger charge is 2.10. The molecule has 0 atom stereocenters. The van der Waals surface area contributed by atoms with Crippen molar-refractivity contribution in [1.29, 1.82) is 0 Å². The minimum absolute atomic E-state index is 0.292. The first-order chi connectivity index (χ1) is 8.75. The Kier molecular flexibility index (Phi) is 2.41. The van der Waals surface area contributed by atoms with E-state index in [0.717, 1.165) is 27.7 Å². The second kappa shape index (κ2) is 4.07. The van der Waals surface area contributed by atoms with E-state index in [2.05, 4.69) is 15.0 Å². The maximum atomic E-state index is 5.77. The summed E-state index contributed by atoms with van der Waals surface area (Å²) < 4.78 is 0. The first kappa shape index (κ1) is 10.7. The monoisotopic (exact) mass is 236 g/mol. The van der Waals surface area contributed by atoms with Crippen molar-refractivity contribution < 1.29 is 0 Å². The Morgan fingerprint density at radius 3 is 2.56 bits per heavy atom. The van der Waals surface area contributed by atoms with Gasteiger partial charge in [-0.3, -0.25) is 4.98 Å². The van der Waals surface area contributed by atoms with Crippen molar-refractivity contribution in [3.8, 4) is 11.3 Å². The molecule has 2 N–H and O–H groups in total. The Balaban J connectivity index is 2.41. The minimum Gasteiger partial charge on any atom is -0.368 e. The van der Waals surface area contributed by atoms with E-state index in [-0.39, 0.29) is 0 Å². The normalized spacial score (nSPS) is 10.7. The van der Waals surface area contributed by atoms with Crippen molar-refractivity contribution in [1.82, 2.24) is 15.0 Å². The van der Waals surface area contributed by atoms with Crippen molar-refractivity contribution in [2.75, 3.05) is 5.73 Å². The standard InChI is InChI=1S/C14H12N4/c1-9-3-2-4-11-12(9)13(18-14(15)17-11)10-5-7-16-8-6-10/h2-8H,1H3,(H2,15,17,18). The number of hydrogen-bond acceptors (Lipinski definition) is 4. The highest BCUT2D eigenvalue weighted by atomic mass is 15.0. The summed E-state index contributed by atoms with van der Waals surface area (Å²) in [5.74, 6) is 0.292. The molecule has 0 aliphatic heterocycles. The van der Waals surface area contributed by atoms with E-state index in [1.54, 1.807) is 12.4 Å². The number of aryl methyl sites for hydroxylation is 1. The fraction of sp³-hybridized carbons (Fsp3) is 0.0714. The Labute approximate surface area is 105 Å². The van der Waals surface area contributed by atoms with Crippen LogP contribution in [0.15, 0.2) is 42.7 Å². The van der Waals surface area contributed by atoms with Gasteiger partial charge >= 0.3 is 0 Å². The molecule has 0 saturated carbocycles. The van der Waals surface area contributed by atoms with Gasteiger partial charge in [0.2, 0.25) is 5.95 Å². The summed E-state index contributed by atoms with van der Waals surface area (Å²) in [7, 11) is 0. The third-order valence-electron chi connectivity index (χ3n) is 2.90. The number of hydrogen-bond donors (Lipinski definition) is 1. The zero-order chi connectivity index (χ0) is 12.5. The molecule has 4 heteroatoms. The molecular formula is C14H12N4. The third-order valence-corrected chi connectivity index (χ3v) is 2.90. The van der Waals surface area contributed by atoms with Crippen LogP contribution in [0.1, 0.15) is 5.56 Å². The van der Waals surface area contributed by atoms with Crippen molar-refractivity contribution in [3.63, 3.8) is 0 Å². The van der Waals surface area contributed by atoms with Crippen LogP contribution in [0.4, 0.5) is 5.95 Å². The van der Waals surface area contributed by atoms with Gasteiger partial charge in [-0.1, -0.05) is 12.1 Å². The van der Waals surface area contributed by atoms with E-state index in [0.29, 0.717) is 5.95 Å². The molecule has 0 aliphatic rings. The molecule has 0 spiro atoms. The van der Waals surface area contributed by atoms with Gasteiger partial charge in [0.25, 0.3) is 0 Å². The second-order valence-corrected chi connectivity index (χ2v) is 4.14. The number of nitrogens with zero attached hydrogens (tertiary/aromatic N) is 3. The Hall–Kier alpha value is -2.49. The zero-order valence-electron chi connectivity index (χ0n) is 9.96. The van der Waals surface area contributed by atoms with Gasteiger partial charge in [-0.2, -0.15) is 0 Å². The van der Waals surface area contributed by atoms with Gasteiger partial charge in [0.1, 0.15) is 0 Å². The van der Waals surface area contributed by atoms with Gasteiger partial charge in [0, 0.05) is 23.3 Å². The summed E-state index contributed by atoms with van der Waals surface area (Å²) in [4.78, 5) is 12.7. The predicted octanol–water partition coefficient (Wildman–Crippen LogP) is 2.58. The quantitative estimate of drug-likeness (QED) is 0.705. The number of nitrogen functional groups attached to an aromatic ring is 1. The first-order valence-electron chi connectivity index (χ1n) is 5.69. The topological polar surface area (TPSA) is 64.7 Å². The third kappa shape index (κ3) is 1.68. The summed E-state index contributed by atoms with van der Waals surface area (Å²) in [5, 5.41) is 1.04. The van der Waals surface area contributed by atoms with E-state index in [1.807, 2.05) is 37.3 Å². The number of rotatable bonds is 1. The molecule has 4 nitrogen and oxygen atoms in total. The second-order valence-electron chi connectivity index (χ2n) is 4.14. The van der Waals surface area contributed by atoms with Gasteiger partial charge in [-0.15, -0.1) is 0 Å². The number of anilines is 1. The summed E-state index contributed by atoms with van der Waals surface area (Å²) in [6.07, 6.45) is 3.50. The molecule has 2 aromatic heterocycles. The molecule has 0 amide bonds. The smallest absolute Gasteiger partial charge is 0.221 e. The number of aromatic nitrogens is 3. The average Bonchev–Trinajstić information content (AvgIpc) is 2.39. The highest BCUT2D eigenvalue weighted by Crippen LogP contribution is 2.28. The number of nitrogens with two attached hydrogens (primary N) is 1. The van der Waals surface area contributed by atoms with Crippen molar-refractivity contribution in [2.45, 2.75) is 6.92 Å².